The van der Waals surface area contributed by atoms with E-state index in [1.807, 2.05) is 19.9 Å². The summed E-state index contributed by atoms with van der Waals surface area (Å²) in [5.41, 5.74) is 3.50. The number of hydrogen-bond donors (Lipinski definition) is 3. The number of nitrogens with zero attached hydrogens (tertiary/aromatic N) is 3. The van der Waals surface area contributed by atoms with Crippen LogP contribution in [0.2, 0.25) is 0 Å². The molecule has 1 aromatic rings. The van der Waals surface area contributed by atoms with Crippen LogP contribution >= 0.6 is 0 Å². The SMILES string of the molecule is CCN(c1cc(C#CCN2CCC[C@H](O)C2)cc(C(=O)NCC2C(=O)NC(C)CC2C)c1C)C1CCC(N(C)C)CC1. The standard InChI is InChI=1S/C34H53N5O3/c1-7-39(28-14-12-27(13-15-28)37(5)6)32-20-26(10-8-16-38-17-9-11-29(40)22-38)19-30(25(32)4)33(41)35-21-31-23(2)18-24(3)36-34(31)42/h19-20,23-24,27-29,31,40H,7,9,11-18,21-22H2,1-6H3,(H,35,41)(H,36,42)/t23?,24?,27?,28?,29-,31?/m0/s1. The zero-order valence-electron chi connectivity index (χ0n) is 26.7. The Morgan fingerprint density at radius 3 is 2.50 bits per heavy atom. The minimum absolute atomic E-state index is 0.0203. The van der Waals surface area contributed by atoms with Gasteiger partial charge in [-0.25, -0.2) is 0 Å². The van der Waals surface area contributed by atoms with Gasteiger partial charge in [0.15, 0.2) is 0 Å². The topological polar surface area (TPSA) is 88.1 Å². The molecule has 2 aliphatic heterocycles. The molecule has 0 bridgehead atoms. The number of amides is 2. The van der Waals surface area contributed by atoms with E-state index in [0.29, 0.717) is 37.3 Å². The Hall–Kier alpha value is -2.60. The summed E-state index contributed by atoms with van der Waals surface area (Å²) in [5, 5.41) is 16.2. The molecule has 42 heavy (non-hydrogen) atoms. The molecule has 1 aromatic carbocycles. The van der Waals surface area contributed by atoms with Gasteiger partial charge >= 0.3 is 0 Å². The van der Waals surface area contributed by atoms with Crippen LogP contribution in [0.25, 0.3) is 0 Å². The van der Waals surface area contributed by atoms with Gasteiger partial charge in [-0.3, -0.25) is 14.5 Å². The minimum Gasteiger partial charge on any atom is -0.392 e. The molecule has 4 atom stereocenters. The van der Waals surface area contributed by atoms with E-state index < -0.39 is 0 Å². The first-order chi connectivity index (χ1) is 20.1. The van der Waals surface area contributed by atoms with Gasteiger partial charge in [0.05, 0.1) is 18.6 Å². The fourth-order valence-electron chi connectivity index (χ4n) is 7.23. The van der Waals surface area contributed by atoms with Crippen LogP contribution < -0.4 is 15.5 Å². The smallest absolute Gasteiger partial charge is 0.251 e. The van der Waals surface area contributed by atoms with E-state index in [4.69, 9.17) is 0 Å². The first-order valence-electron chi connectivity index (χ1n) is 16.1. The van der Waals surface area contributed by atoms with Gasteiger partial charge in [-0.2, -0.15) is 0 Å². The van der Waals surface area contributed by atoms with Gasteiger partial charge < -0.3 is 25.5 Å². The number of anilines is 1. The number of rotatable bonds is 8. The largest absolute Gasteiger partial charge is 0.392 e. The van der Waals surface area contributed by atoms with Crippen molar-refractivity contribution in [3.8, 4) is 11.8 Å². The second kappa shape index (κ2) is 14.7. The molecule has 3 aliphatic rings. The van der Waals surface area contributed by atoms with Gasteiger partial charge in [0, 0.05) is 54.6 Å². The third-order valence-corrected chi connectivity index (χ3v) is 9.75. The summed E-state index contributed by atoms with van der Waals surface area (Å²) in [5.74, 6) is 6.51. The molecule has 1 aliphatic carbocycles. The highest BCUT2D eigenvalue weighted by Crippen LogP contribution is 2.33. The number of piperidine rings is 2. The summed E-state index contributed by atoms with van der Waals surface area (Å²) in [7, 11) is 4.34. The highest BCUT2D eigenvalue weighted by Gasteiger charge is 2.33. The molecule has 3 fully saturated rings. The number of nitrogens with one attached hydrogen (secondary N) is 2. The zero-order valence-corrected chi connectivity index (χ0v) is 26.7. The molecule has 0 spiro atoms. The summed E-state index contributed by atoms with van der Waals surface area (Å²) < 4.78 is 0. The third-order valence-electron chi connectivity index (χ3n) is 9.75. The predicted molar refractivity (Wildman–Crippen MR) is 170 cm³/mol. The van der Waals surface area contributed by atoms with Crippen LogP contribution in [0.4, 0.5) is 5.69 Å². The summed E-state index contributed by atoms with van der Waals surface area (Å²) in [6, 6.07) is 5.28. The van der Waals surface area contributed by atoms with Crippen molar-refractivity contribution in [2.75, 3.05) is 51.7 Å². The Morgan fingerprint density at radius 1 is 1.14 bits per heavy atom. The van der Waals surface area contributed by atoms with Crippen molar-refractivity contribution >= 4 is 17.5 Å². The van der Waals surface area contributed by atoms with Gasteiger partial charge in [-0.05, 0) is 110 Å². The summed E-state index contributed by atoms with van der Waals surface area (Å²) in [6.07, 6.45) is 7.06. The average molecular weight is 580 g/mol. The molecule has 1 saturated carbocycles. The fraction of sp³-hybridized carbons (Fsp3) is 0.706. The maximum atomic E-state index is 13.7. The van der Waals surface area contributed by atoms with Gasteiger partial charge in [0.25, 0.3) is 5.91 Å². The van der Waals surface area contributed by atoms with E-state index in [1.54, 1.807) is 0 Å². The van der Waals surface area contributed by atoms with E-state index >= 15 is 0 Å². The normalized spacial score (nSPS) is 28.5. The third kappa shape index (κ3) is 8.06. The Kier molecular flexibility index (Phi) is 11.3. The van der Waals surface area contributed by atoms with Gasteiger partial charge in [-0.1, -0.05) is 18.8 Å². The molecule has 2 amide bonds. The van der Waals surface area contributed by atoms with E-state index in [1.165, 1.54) is 12.8 Å². The summed E-state index contributed by atoms with van der Waals surface area (Å²) >= 11 is 0. The highest BCUT2D eigenvalue weighted by atomic mass is 16.3. The van der Waals surface area contributed by atoms with E-state index in [0.717, 1.165) is 62.0 Å². The Balaban J connectivity index is 1.58. The first-order valence-corrected chi connectivity index (χ1v) is 16.1. The molecule has 4 rings (SSSR count). The van der Waals surface area contributed by atoms with Crippen molar-refractivity contribution in [2.24, 2.45) is 11.8 Å². The fourth-order valence-corrected chi connectivity index (χ4v) is 7.23. The quantitative estimate of drug-likeness (QED) is 0.410. The zero-order chi connectivity index (χ0) is 30.4. The second-order valence-electron chi connectivity index (χ2n) is 13.2. The van der Waals surface area contributed by atoms with Crippen molar-refractivity contribution in [1.29, 1.82) is 0 Å². The Morgan fingerprint density at radius 2 is 1.86 bits per heavy atom. The second-order valence-corrected chi connectivity index (χ2v) is 13.2. The molecule has 8 heteroatoms. The van der Waals surface area contributed by atoms with Crippen molar-refractivity contribution in [1.82, 2.24) is 20.4 Å². The van der Waals surface area contributed by atoms with Crippen molar-refractivity contribution in [2.45, 2.75) is 96.9 Å². The van der Waals surface area contributed by atoms with Crippen LogP contribution in [0.15, 0.2) is 12.1 Å². The number of aliphatic hydroxyl groups excluding tert-OH is 1. The number of benzene rings is 1. The number of likely N-dealkylation sites (tertiary alicyclic amines) is 1. The predicted octanol–water partition coefficient (Wildman–Crippen LogP) is 3.39. The van der Waals surface area contributed by atoms with Crippen LogP contribution in [0.1, 0.15) is 87.2 Å². The molecule has 232 valence electrons. The Bertz CT molecular complexity index is 1150. The molecule has 0 radical (unpaired) electrons. The maximum absolute atomic E-state index is 13.7. The molecule has 3 N–H and O–H groups in total. The lowest BCUT2D eigenvalue weighted by Gasteiger charge is -2.40. The van der Waals surface area contributed by atoms with Crippen molar-refractivity contribution in [3.63, 3.8) is 0 Å². The van der Waals surface area contributed by atoms with Crippen LogP contribution in [0.5, 0.6) is 0 Å². The van der Waals surface area contributed by atoms with Crippen LogP contribution in [0, 0.1) is 30.6 Å². The van der Waals surface area contributed by atoms with Crippen LogP contribution in [0.3, 0.4) is 0 Å². The molecule has 8 nitrogen and oxygen atoms in total. The monoisotopic (exact) mass is 579 g/mol. The lowest BCUT2D eigenvalue weighted by atomic mass is 9.84. The summed E-state index contributed by atoms with van der Waals surface area (Å²) in [4.78, 5) is 33.4. The number of β-amino-alcohol motifs (C(OH)–C–C–N with tert-alkyl or cyclic N) is 1. The molecule has 3 unspecified atom stereocenters. The van der Waals surface area contributed by atoms with E-state index in [2.05, 4.69) is 71.2 Å². The lowest BCUT2D eigenvalue weighted by molar-refractivity contribution is -0.129. The molecular weight excluding hydrogens is 526 g/mol. The van der Waals surface area contributed by atoms with Crippen molar-refractivity contribution < 1.29 is 14.7 Å². The minimum atomic E-state index is -0.278. The van der Waals surface area contributed by atoms with Crippen LogP contribution in [-0.4, -0.2) is 97.8 Å². The Labute approximate surface area is 253 Å². The van der Waals surface area contributed by atoms with E-state index in [9.17, 15) is 14.7 Å². The number of aliphatic hydroxyl groups is 1. The van der Waals surface area contributed by atoms with Gasteiger partial charge in [0.2, 0.25) is 5.91 Å². The average Bonchev–Trinajstić information content (AvgIpc) is 2.94. The highest BCUT2D eigenvalue weighted by molar-refractivity contribution is 5.98. The number of hydrogen-bond acceptors (Lipinski definition) is 6. The van der Waals surface area contributed by atoms with Crippen LogP contribution in [-0.2, 0) is 4.79 Å². The number of carbonyl (C=O) groups is 2. The molecular formula is C34H53N5O3. The maximum Gasteiger partial charge on any atom is 0.251 e. The van der Waals surface area contributed by atoms with Gasteiger partial charge in [-0.15, -0.1) is 0 Å². The molecule has 2 heterocycles. The van der Waals surface area contributed by atoms with Crippen molar-refractivity contribution in [3.05, 3.63) is 28.8 Å². The van der Waals surface area contributed by atoms with Gasteiger partial charge in [0.1, 0.15) is 0 Å². The molecule has 2 saturated heterocycles. The summed E-state index contributed by atoms with van der Waals surface area (Å²) in [6.45, 7) is 11.8. The van der Waals surface area contributed by atoms with E-state index in [-0.39, 0.29) is 35.8 Å². The first kappa shape index (κ1) is 32.3. The molecule has 0 aromatic heterocycles. The lowest BCUT2D eigenvalue weighted by Crippen LogP contribution is -2.50. The number of carbonyl (C=O) groups excluding carboxylic acids is 2.